The normalized spacial score (nSPS) is 21.3. The van der Waals surface area contributed by atoms with Crippen LogP contribution in [0.5, 0.6) is 0 Å². The number of H-pyrrole nitrogens is 1. The number of aromatic nitrogens is 2. The lowest BCUT2D eigenvalue weighted by Crippen LogP contribution is -2.33. The van der Waals surface area contributed by atoms with Crippen LogP contribution in [0.1, 0.15) is 102 Å². The Morgan fingerprint density at radius 3 is 2.04 bits per heavy atom. The molecular formula is C28H51N3O17P4. The smallest absolute Gasteiger partial charge is 0.349 e. The summed E-state index contributed by atoms with van der Waals surface area (Å²) in [4.78, 5) is 65.6. The Balaban J connectivity index is 2.06. The summed E-state index contributed by atoms with van der Waals surface area (Å²) < 4.78 is 85.3. The van der Waals surface area contributed by atoms with Crippen molar-refractivity contribution in [3.63, 3.8) is 0 Å². The Bertz CT molecular complexity index is 1590. The second-order valence-corrected chi connectivity index (χ2v) is 18.0. The highest BCUT2D eigenvalue weighted by Gasteiger charge is 2.46. The van der Waals surface area contributed by atoms with Crippen molar-refractivity contribution in [1.82, 2.24) is 9.55 Å². The molecule has 2 heterocycles. The Labute approximate surface area is 302 Å². The molecule has 1 aliphatic heterocycles. The van der Waals surface area contributed by atoms with E-state index in [1.165, 1.54) is 13.1 Å². The minimum atomic E-state index is -5.60. The van der Waals surface area contributed by atoms with Gasteiger partial charge in [-0.25, -0.2) is 23.1 Å². The molecule has 24 heteroatoms. The quantitative estimate of drug-likeness (QED) is 0.0380. The van der Waals surface area contributed by atoms with Crippen LogP contribution in [0.3, 0.4) is 0 Å². The van der Waals surface area contributed by atoms with Gasteiger partial charge in [0.05, 0.1) is 19.8 Å². The summed E-state index contributed by atoms with van der Waals surface area (Å²) in [5.74, 6) is 2.34. The standard InChI is InChI=1S/C28H51N3O17P4/c1-3-4-5-15-19-43-52(41,47-49(34,35)36)48-51(39,40)44-22-25-24(20-26(45-25)31-21-23(2)27(32)30-28(31)33)46-50(37,38)42-18-16-13-11-9-7-6-8-10-12-14-17-29/h1,21,24-26H,4-20,22,29H2,2H3,(H,37,38)(H,39,40)(H,30,32,33)(H2,34,35,36)/t24-,25+,26+,52?/m0/s1. The van der Waals surface area contributed by atoms with Crippen molar-refractivity contribution in [2.24, 2.45) is 5.73 Å². The van der Waals surface area contributed by atoms with E-state index in [2.05, 4.69) is 19.5 Å². The number of aromatic amines is 1. The molecule has 300 valence electrons. The second-order valence-electron chi connectivity index (χ2n) is 12.0. The number of phosphoric acid groups is 4. The monoisotopic (exact) mass is 825 g/mol. The van der Waals surface area contributed by atoms with Gasteiger partial charge in [0.2, 0.25) is 0 Å². The number of unbranched alkanes of at least 4 members (excludes halogenated alkanes) is 11. The van der Waals surface area contributed by atoms with Crippen LogP contribution in [-0.2, 0) is 49.7 Å². The number of nitrogens with one attached hydrogen (secondary N) is 1. The topological polar surface area (TPSA) is 295 Å². The van der Waals surface area contributed by atoms with Crippen LogP contribution >= 0.6 is 31.3 Å². The maximum atomic E-state index is 12.9. The molecule has 1 fully saturated rings. The lowest BCUT2D eigenvalue weighted by molar-refractivity contribution is -0.0456. The first-order valence-corrected chi connectivity index (χ1v) is 22.8. The molecule has 0 bridgehead atoms. The molecule has 6 atom stereocenters. The average Bonchev–Trinajstić information content (AvgIpc) is 3.42. The highest BCUT2D eigenvalue weighted by atomic mass is 31.3. The SMILES string of the molecule is C#CCCCCOP(=O)(OP(=O)(O)O)OP(=O)(O)OC[C@H]1O[C@@H](n2cc(C)c(=O)[nH]c2=O)C[C@@H]1OP(=O)(O)OCCCCCCCCCCCCN. The van der Waals surface area contributed by atoms with E-state index >= 15 is 0 Å². The predicted molar refractivity (Wildman–Crippen MR) is 187 cm³/mol. The lowest BCUT2D eigenvalue weighted by Gasteiger charge is -2.23. The van der Waals surface area contributed by atoms with E-state index in [0.29, 0.717) is 19.4 Å². The highest BCUT2D eigenvalue weighted by molar-refractivity contribution is 7.67. The van der Waals surface area contributed by atoms with E-state index < -0.39 is 74.2 Å². The molecule has 0 aliphatic carbocycles. The van der Waals surface area contributed by atoms with E-state index in [1.807, 2.05) is 0 Å². The minimum absolute atomic E-state index is 0.109. The van der Waals surface area contributed by atoms with Crippen molar-refractivity contribution in [3.05, 3.63) is 32.6 Å². The third kappa shape index (κ3) is 18.8. The van der Waals surface area contributed by atoms with Gasteiger partial charge in [0.25, 0.3) is 5.56 Å². The van der Waals surface area contributed by atoms with Gasteiger partial charge < -0.3 is 30.0 Å². The van der Waals surface area contributed by atoms with Crippen molar-refractivity contribution < 1.29 is 69.3 Å². The van der Waals surface area contributed by atoms with E-state index in [9.17, 15) is 37.6 Å². The summed E-state index contributed by atoms with van der Waals surface area (Å²) in [5.41, 5.74) is 4.05. The van der Waals surface area contributed by atoms with E-state index in [1.54, 1.807) is 0 Å². The first kappa shape index (κ1) is 46.8. The zero-order valence-corrected chi connectivity index (χ0v) is 32.6. The Morgan fingerprint density at radius 2 is 1.44 bits per heavy atom. The van der Waals surface area contributed by atoms with E-state index in [-0.39, 0.29) is 31.4 Å². The molecule has 2 rings (SSSR count). The number of terminal acetylenes is 1. The number of hydrogen-bond donors (Lipinski definition) is 6. The molecule has 0 amide bonds. The third-order valence-electron chi connectivity index (χ3n) is 7.53. The Kier molecular flexibility index (Phi) is 20.6. The number of aryl methyl sites for hydroxylation is 1. The van der Waals surface area contributed by atoms with Crippen LogP contribution in [0.25, 0.3) is 0 Å². The first-order chi connectivity index (χ1) is 24.4. The Morgan fingerprint density at radius 1 is 0.865 bits per heavy atom. The Hall–Kier alpha value is -1.32. The molecule has 0 radical (unpaired) electrons. The van der Waals surface area contributed by atoms with Crippen LogP contribution in [-0.4, -0.2) is 67.7 Å². The van der Waals surface area contributed by atoms with E-state index in [0.717, 1.165) is 62.4 Å². The largest absolute Gasteiger partial charge is 0.492 e. The summed E-state index contributed by atoms with van der Waals surface area (Å²) in [6, 6.07) is 0. The third-order valence-corrected chi connectivity index (χ3v) is 12.8. The van der Waals surface area contributed by atoms with Gasteiger partial charge in [-0.3, -0.25) is 32.4 Å². The maximum Gasteiger partial charge on any atom is 0.492 e. The summed E-state index contributed by atoms with van der Waals surface area (Å²) in [5, 5.41) is 0. The zero-order chi connectivity index (χ0) is 38.8. The van der Waals surface area contributed by atoms with Crippen molar-refractivity contribution in [2.75, 3.05) is 26.4 Å². The number of nitrogens with zero attached hydrogens (tertiary/aromatic N) is 1. The van der Waals surface area contributed by atoms with Crippen LogP contribution in [0, 0.1) is 19.3 Å². The summed E-state index contributed by atoms with van der Waals surface area (Å²) >= 11 is 0. The van der Waals surface area contributed by atoms with Crippen molar-refractivity contribution in [3.8, 4) is 12.3 Å². The predicted octanol–water partition coefficient (Wildman–Crippen LogP) is 4.67. The molecule has 0 saturated carbocycles. The summed E-state index contributed by atoms with van der Waals surface area (Å²) in [6.07, 6.45) is 12.3. The van der Waals surface area contributed by atoms with Crippen LogP contribution in [0.15, 0.2) is 15.8 Å². The molecule has 1 saturated heterocycles. The van der Waals surface area contributed by atoms with Crippen molar-refractivity contribution in [2.45, 2.75) is 115 Å². The van der Waals surface area contributed by atoms with Crippen molar-refractivity contribution >= 4 is 31.3 Å². The van der Waals surface area contributed by atoms with Gasteiger partial charge in [-0.2, -0.15) is 8.62 Å². The van der Waals surface area contributed by atoms with Crippen LogP contribution in [0.4, 0.5) is 0 Å². The molecule has 3 unspecified atom stereocenters. The zero-order valence-electron chi connectivity index (χ0n) is 29.0. The summed E-state index contributed by atoms with van der Waals surface area (Å²) in [6.45, 7) is 0.500. The number of nitrogens with two attached hydrogens (primary N) is 1. The van der Waals surface area contributed by atoms with Gasteiger partial charge in [-0.1, -0.05) is 51.4 Å². The van der Waals surface area contributed by atoms with Gasteiger partial charge in [0, 0.05) is 24.6 Å². The molecule has 20 nitrogen and oxygen atoms in total. The van der Waals surface area contributed by atoms with Gasteiger partial charge >= 0.3 is 37.0 Å². The highest BCUT2D eigenvalue weighted by Crippen LogP contribution is 2.69. The van der Waals surface area contributed by atoms with Crippen molar-refractivity contribution in [1.29, 1.82) is 0 Å². The minimum Gasteiger partial charge on any atom is -0.349 e. The first-order valence-electron chi connectivity index (χ1n) is 16.9. The molecule has 1 aromatic rings. The fourth-order valence-electron chi connectivity index (χ4n) is 4.99. The maximum absolute atomic E-state index is 12.9. The van der Waals surface area contributed by atoms with Gasteiger partial charge in [-0.15, -0.1) is 12.3 Å². The number of ether oxygens (including phenoxy) is 1. The molecule has 52 heavy (non-hydrogen) atoms. The number of hydrogen-bond acceptors (Lipinski definition) is 14. The van der Waals surface area contributed by atoms with Gasteiger partial charge in [-0.05, 0) is 39.2 Å². The second kappa shape index (κ2) is 22.9. The number of phosphoric ester groups is 2. The van der Waals surface area contributed by atoms with Crippen LogP contribution in [0.2, 0.25) is 0 Å². The molecule has 1 aromatic heterocycles. The van der Waals surface area contributed by atoms with Crippen LogP contribution < -0.4 is 17.0 Å². The van der Waals surface area contributed by atoms with Gasteiger partial charge in [0.15, 0.2) is 0 Å². The molecule has 0 aromatic carbocycles. The number of rotatable bonds is 28. The summed E-state index contributed by atoms with van der Waals surface area (Å²) in [7, 11) is -21.4. The molecule has 7 N–H and O–H groups in total. The molecule has 1 aliphatic rings. The van der Waals surface area contributed by atoms with E-state index in [4.69, 9.17) is 44.8 Å². The van der Waals surface area contributed by atoms with Gasteiger partial charge in [0.1, 0.15) is 18.4 Å². The average molecular weight is 826 g/mol. The fourth-order valence-corrected chi connectivity index (χ4v) is 9.67. The lowest BCUT2D eigenvalue weighted by atomic mass is 10.1. The fraction of sp³-hybridized carbons (Fsp3) is 0.786. The molecule has 0 spiro atoms. The molecular weight excluding hydrogens is 774 g/mol.